The Morgan fingerprint density at radius 2 is 0.308 bits per heavy atom. The van der Waals surface area contributed by atoms with Crippen molar-refractivity contribution in [2.24, 2.45) is 0 Å². The van der Waals surface area contributed by atoms with Gasteiger partial charge >= 0.3 is 0 Å². The second-order valence-corrected chi connectivity index (χ2v) is 34.3. The van der Waals surface area contributed by atoms with Gasteiger partial charge in [0.15, 0.2) is 0 Å². The summed E-state index contributed by atoms with van der Waals surface area (Å²) in [5.41, 5.74) is 29.1. The fourth-order valence-electron chi connectivity index (χ4n) is 14.5. The predicted octanol–water partition coefficient (Wildman–Crippen LogP) is 18.4. The zero-order chi connectivity index (χ0) is 87.7. The Morgan fingerprint density at radius 3 is 0.430 bits per heavy atom. The van der Waals surface area contributed by atoms with Crippen LogP contribution in [0.25, 0.3) is 0 Å². The zero-order valence-electron chi connectivity index (χ0n) is 82.4. The van der Waals surface area contributed by atoms with Gasteiger partial charge in [0, 0.05) is 8.22 Å². The van der Waals surface area contributed by atoms with E-state index in [2.05, 4.69) is 376 Å². The van der Waals surface area contributed by atoms with Crippen LogP contribution in [0.4, 0.5) is 0 Å². The van der Waals surface area contributed by atoms with Crippen molar-refractivity contribution in [1.29, 1.82) is 0 Å². The third-order valence-corrected chi connectivity index (χ3v) is 22.3. The third kappa shape index (κ3) is 30.1. The van der Waals surface area contributed by atoms with Crippen LogP contribution in [0.1, 0.15) is 244 Å². The average molecular weight is 1460 g/mol. The van der Waals surface area contributed by atoms with Gasteiger partial charge in [0.05, 0.1) is 0 Å². The molecule has 0 atom stereocenters. The van der Waals surface area contributed by atoms with Crippen molar-refractivity contribution in [3.8, 4) is 0 Å². The van der Waals surface area contributed by atoms with Gasteiger partial charge in [-0.1, -0.05) is 358 Å². The minimum atomic E-state index is -2.07. The Labute approximate surface area is 675 Å². The fourth-order valence-corrected chi connectivity index (χ4v) is 14.5. The highest BCUT2D eigenvalue weighted by Crippen LogP contribution is 2.25. The standard InChI is InChI=1S/4C15H26BN.3C11H18BN/c4*1-11(2)13-9-8-10-14(12(3)4)15(13)16(5)17(6)7;3*1-9-7-6-8-10(2)11(9)12(3)13(4)5/h4*8-12H,1-7H3;3*6-8H,1-5H3/i6D3;;;;4D3;;. The highest BCUT2D eigenvalue weighted by Gasteiger charge is 2.28. The summed E-state index contributed by atoms with van der Waals surface area (Å²) in [6.07, 6.45) is 0. The highest BCUT2D eigenvalue weighted by atomic mass is 15.0. The zero-order valence-corrected chi connectivity index (χ0v) is 76.4. The van der Waals surface area contributed by atoms with Crippen LogP contribution in [0, 0.1) is 41.5 Å². The molecule has 7 rings (SSSR count). The van der Waals surface area contributed by atoms with E-state index < -0.39 is 14.0 Å². The molecule has 7 aromatic carbocycles. The minimum Gasteiger partial charge on any atom is -0.344 e. The van der Waals surface area contributed by atoms with E-state index in [0.717, 1.165) is 16.6 Å². The van der Waals surface area contributed by atoms with E-state index in [0.29, 0.717) is 81.6 Å². The summed E-state index contributed by atoms with van der Waals surface area (Å²) >= 11 is 0. The predicted molar refractivity (Wildman–Crippen MR) is 501 cm³/mol. The molecule has 107 heavy (non-hydrogen) atoms. The first-order chi connectivity index (χ1) is 52.0. The van der Waals surface area contributed by atoms with Crippen molar-refractivity contribution in [1.82, 2.24) is 33.7 Å². The maximum atomic E-state index is 7.63. The van der Waals surface area contributed by atoms with E-state index in [9.17, 15) is 0 Å². The van der Waals surface area contributed by atoms with Gasteiger partial charge in [-0.2, -0.15) is 0 Å². The maximum Gasteiger partial charge on any atom is 0.254 e. The molecule has 7 aromatic rings. The molecule has 14 heteroatoms. The quantitative estimate of drug-likeness (QED) is 0.0623. The lowest BCUT2D eigenvalue weighted by atomic mass is 9.52. The van der Waals surface area contributed by atoms with Crippen LogP contribution < -0.4 is 38.2 Å². The molecule has 0 spiro atoms. The average Bonchev–Trinajstić information content (AvgIpc) is 0.795. The molecule has 0 amide bonds. The highest BCUT2D eigenvalue weighted by molar-refractivity contribution is 6.73. The van der Waals surface area contributed by atoms with Gasteiger partial charge < -0.3 is 33.7 Å². The van der Waals surface area contributed by atoms with Gasteiger partial charge in [-0.15, -0.1) is 0 Å². The Morgan fingerprint density at radius 1 is 0.196 bits per heavy atom. The molecule has 0 bridgehead atoms. The van der Waals surface area contributed by atoms with Crippen molar-refractivity contribution in [2.45, 2.75) is 247 Å². The second-order valence-electron chi connectivity index (χ2n) is 34.3. The summed E-state index contributed by atoms with van der Waals surface area (Å²) < 4.78 is 45.2. The molecule has 0 aliphatic carbocycles. The summed E-state index contributed by atoms with van der Waals surface area (Å²) in [7, 11) is 24.8. The van der Waals surface area contributed by atoms with E-state index in [1.54, 1.807) is 14.1 Å². The molecular formula is C93H158B7N7. The number of aryl methyl sites for hydroxylation is 6. The number of rotatable bonds is 22. The molecule has 0 fully saturated rings. The topological polar surface area (TPSA) is 22.7 Å². The van der Waals surface area contributed by atoms with E-state index in [4.69, 9.17) is 8.22 Å². The van der Waals surface area contributed by atoms with E-state index in [-0.39, 0.29) is 13.7 Å². The van der Waals surface area contributed by atoms with Crippen LogP contribution in [-0.4, -0.2) is 180 Å². The van der Waals surface area contributed by atoms with E-state index in [1.807, 2.05) is 45.7 Å². The van der Waals surface area contributed by atoms with Gasteiger partial charge in [-0.25, -0.2) is 0 Å². The number of benzene rings is 7. The van der Waals surface area contributed by atoms with Gasteiger partial charge in [0.2, 0.25) is 0 Å². The SMILES string of the molecule is CB(c1c(C(C)C)cccc1C(C)C)N(C)C.CB(c1c(C(C)C)cccc1C(C)C)N(C)C.CB(c1c(C(C)C)cccc1C(C)C)N(C)C.CB(c1c(C)cccc1C)N(C)C.CB(c1c(C)cccc1C)N(C)C.[2H]C([2H])([2H])N(C)B(C)c1c(C(C)C)cccc1C(C)C.[2H]C([2H])([2H])N(C)B(C)c1c(C)cccc1C. The first kappa shape index (κ1) is 88.9. The number of hydrogen-bond acceptors (Lipinski definition) is 7. The van der Waals surface area contributed by atoms with Gasteiger partial charge in [-0.05, 0) is 232 Å². The summed E-state index contributed by atoms with van der Waals surface area (Å²) in [6, 6.07) is 45.6. The first-order valence-corrected chi connectivity index (χ1v) is 40.4. The lowest BCUT2D eigenvalue weighted by molar-refractivity contribution is 0.651. The third-order valence-electron chi connectivity index (χ3n) is 22.3. The molecule has 7 nitrogen and oxygen atoms in total. The molecule has 0 saturated heterocycles. The summed E-state index contributed by atoms with van der Waals surface area (Å²) in [5.74, 6) is 4.30. The molecule has 0 heterocycles. The molecular weight excluding hydrogens is 1290 g/mol. The summed E-state index contributed by atoms with van der Waals surface area (Å²) in [4.78, 5) is 14.3. The first-order valence-electron chi connectivity index (χ1n) is 43.4. The smallest absolute Gasteiger partial charge is 0.254 e. The van der Waals surface area contributed by atoms with E-state index >= 15 is 0 Å². The van der Waals surface area contributed by atoms with Crippen molar-refractivity contribution in [2.75, 3.05) is 98.5 Å². The molecule has 0 unspecified atom stereocenters. The molecule has 0 aromatic heterocycles. The fraction of sp³-hybridized carbons (Fsp3) is 0.548. The molecule has 0 saturated carbocycles. The molecule has 0 aliphatic heterocycles. The number of nitrogens with zero attached hydrogens (tertiary/aromatic N) is 7. The Hall–Kier alpha value is -5.29. The molecule has 586 valence electrons. The second kappa shape index (κ2) is 47.8. The van der Waals surface area contributed by atoms with Gasteiger partial charge in [-0.3, -0.25) is 0 Å². The van der Waals surface area contributed by atoms with Crippen molar-refractivity contribution in [3.05, 3.63) is 205 Å². The van der Waals surface area contributed by atoms with Gasteiger partial charge in [0.25, 0.3) is 47.9 Å². The molecule has 0 radical (unpaired) electrons. The normalized spacial score (nSPS) is 12.3. The van der Waals surface area contributed by atoms with Crippen molar-refractivity contribution in [3.63, 3.8) is 0 Å². The maximum absolute atomic E-state index is 7.63. The Bertz CT molecular complexity index is 3540. The van der Waals surface area contributed by atoms with Crippen LogP contribution in [0.5, 0.6) is 0 Å². The lowest BCUT2D eigenvalue weighted by Crippen LogP contribution is -2.45. The Kier molecular flexibility index (Phi) is 39.7. The van der Waals surface area contributed by atoms with Crippen LogP contribution in [0.2, 0.25) is 47.8 Å². The van der Waals surface area contributed by atoms with Crippen LogP contribution in [-0.2, 0) is 0 Å². The van der Waals surface area contributed by atoms with Crippen LogP contribution in [0.15, 0.2) is 127 Å². The number of hydrogen-bond donors (Lipinski definition) is 0. The van der Waals surface area contributed by atoms with E-state index in [1.165, 1.54) is 109 Å². The molecule has 0 N–H and O–H groups in total. The lowest BCUT2D eigenvalue weighted by Gasteiger charge is -2.26. The van der Waals surface area contributed by atoms with Crippen molar-refractivity contribution >= 4 is 86.2 Å². The van der Waals surface area contributed by atoms with Crippen LogP contribution >= 0.6 is 0 Å². The van der Waals surface area contributed by atoms with Crippen molar-refractivity contribution < 1.29 is 8.22 Å². The summed E-state index contributed by atoms with van der Waals surface area (Å²) in [5, 5.41) is 0. The Balaban J connectivity index is 0.000000662. The summed E-state index contributed by atoms with van der Waals surface area (Å²) in [6.45, 7) is 62.2. The monoisotopic (exact) mass is 1460 g/mol. The molecule has 0 aliphatic rings. The largest absolute Gasteiger partial charge is 0.344 e. The van der Waals surface area contributed by atoms with Gasteiger partial charge in [0.1, 0.15) is 0 Å². The minimum absolute atomic E-state index is 0.103. The van der Waals surface area contributed by atoms with Crippen LogP contribution in [0.3, 0.4) is 0 Å².